The van der Waals surface area contributed by atoms with E-state index in [1.807, 2.05) is 6.07 Å². The molecule has 1 aliphatic heterocycles. The third-order valence-electron chi connectivity index (χ3n) is 4.34. The van der Waals surface area contributed by atoms with Crippen LogP contribution < -0.4 is 20.1 Å². The molecule has 2 aromatic rings. The van der Waals surface area contributed by atoms with Crippen molar-refractivity contribution in [3.63, 3.8) is 0 Å². The van der Waals surface area contributed by atoms with Crippen LogP contribution in [0.2, 0.25) is 0 Å². The van der Waals surface area contributed by atoms with Crippen LogP contribution in [0.1, 0.15) is 12.0 Å². The number of nitro benzene ring substituents is 1. The Morgan fingerprint density at radius 3 is 2.41 bits per heavy atom. The van der Waals surface area contributed by atoms with Crippen LogP contribution in [-0.2, 0) is 25.5 Å². The second kappa shape index (κ2) is 10.8. The van der Waals surface area contributed by atoms with Gasteiger partial charge in [-0.15, -0.1) is 0 Å². The lowest BCUT2D eigenvalue weighted by Crippen LogP contribution is -2.33. The quantitative estimate of drug-likeness (QED) is 0.355. The van der Waals surface area contributed by atoms with Gasteiger partial charge in [-0.1, -0.05) is 30.3 Å². The standard InChI is InChI=1S/C21H21N3O8/c25-19(9-14-5-2-1-3-6-14)22-12-21(27)32-13-20(26)23-15-10-17-18(11-16(15)24(28)29)31-8-4-7-30-17/h1-3,5-6,10-11H,4,7-9,12-13H2,(H,22,25)(H,23,26). The number of carbonyl (C=O) groups is 3. The predicted octanol–water partition coefficient (Wildman–Crippen LogP) is 1.60. The molecule has 32 heavy (non-hydrogen) atoms. The lowest BCUT2D eigenvalue weighted by atomic mass is 10.1. The third-order valence-corrected chi connectivity index (χ3v) is 4.34. The van der Waals surface area contributed by atoms with Crippen molar-refractivity contribution in [2.24, 2.45) is 0 Å². The Morgan fingerprint density at radius 2 is 1.72 bits per heavy atom. The molecule has 168 valence electrons. The van der Waals surface area contributed by atoms with E-state index in [-0.39, 0.29) is 35.2 Å². The highest BCUT2D eigenvalue weighted by molar-refractivity contribution is 5.95. The SMILES string of the molecule is O=C(Cc1ccccc1)NCC(=O)OCC(=O)Nc1cc2c(cc1[N+](=O)[O-])OCCCO2. The van der Waals surface area contributed by atoms with Gasteiger partial charge < -0.3 is 24.8 Å². The summed E-state index contributed by atoms with van der Waals surface area (Å²) in [5, 5.41) is 16.1. The van der Waals surface area contributed by atoms with Crippen LogP contribution in [0.4, 0.5) is 11.4 Å². The van der Waals surface area contributed by atoms with Crippen LogP contribution in [0, 0.1) is 10.1 Å². The molecule has 0 atom stereocenters. The molecular weight excluding hydrogens is 422 g/mol. The summed E-state index contributed by atoms with van der Waals surface area (Å²) in [5.41, 5.74) is 0.285. The number of nitrogens with one attached hydrogen (secondary N) is 2. The molecule has 2 aromatic carbocycles. The van der Waals surface area contributed by atoms with Crippen molar-refractivity contribution in [1.29, 1.82) is 0 Å². The Labute approximate surface area is 182 Å². The minimum absolute atomic E-state index is 0.0996. The molecule has 0 saturated carbocycles. The number of hydrogen-bond donors (Lipinski definition) is 2. The number of esters is 1. The number of carbonyl (C=O) groups excluding carboxylic acids is 3. The van der Waals surface area contributed by atoms with E-state index < -0.39 is 30.0 Å². The third kappa shape index (κ3) is 6.42. The van der Waals surface area contributed by atoms with Crippen LogP contribution in [-0.4, -0.2) is 49.1 Å². The first-order valence-corrected chi connectivity index (χ1v) is 9.76. The molecule has 0 bridgehead atoms. The largest absolute Gasteiger partial charge is 0.489 e. The van der Waals surface area contributed by atoms with Crippen molar-refractivity contribution >= 4 is 29.2 Å². The number of nitro groups is 1. The fraction of sp³-hybridized carbons (Fsp3) is 0.286. The van der Waals surface area contributed by atoms with E-state index >= 15 is 0 Å². The number of fused-ring (bicyclic) bond motifs is 1. The van der Waals surface area contributed by atoms with Crippen molar-refractivity contribution in [3.8, 4) is 11.5 Å². The van der Waals surface area contributed by atoms with E-state index in [9.17, 15) is 24.5 Å². The average molecular weight is 443 g/mol. The van der Waals surface area contributed by atoms with Gasteiger partial charge >= 0.3 is 5.97 Å². The van der Waals surface area contributed by atoms with Gasteiger partial charge in [0.2, 0.25) is 5.91 Å². The molecule has 3 rings (SSSR count). The number of benzene rings is 2. The van der Waals surface area contributed by atoms with Gasteiger partial charge in [0, 0.05) is 12.5 Å². The highest BCUT2D eigenvalue weighted by Crippen LogP contribution is 2.39. The first-order chi connectivity index (χ1) is 15.4. The molecule has 0 aromatic heterocycles. The number of hydrogen-bond acceptors (Lipinski definition) is 8. The highest BCUT2D eigenvalue weighted by atomic mass is 16.6. The summed E-state index contributed by atoms with van der Waals surface area (Å²) in [7, 11) is 0. The molecular formula is C21H21N3O8. The van der Waals surface area contributed by atoms with Gasteiger partial charge in [0.15, 0.2) is 18.1 Å². The number of ether oxygens (including phenoxy) is 3. The summed E-state index contributed by atoms with van der Waals surface area (Å²) in [5.74, 6) is -1.51. The zero-order valence-corrected chi connectivity index (χ0v) is 17.0. The van der Waals surface area contributed by atoms with Crippen molar-refractivity contribution in [2.45, 2.75) is 12.8 Å². The molecule has 2 amide bonds. The molecule has 0 spiro atoms. The van der Waals surface area contributed by atoms with Gasteiger partial charge in [0.25, 0.3) is 11.6 Å². The Kier molecular flexibility index (Phi) is 7.57. The summed E-state index contributed by atoms with van der Waals surface area (Å²) in [6.07, 6.45) is 0.713. The van der Waals surface area contributed by atoms with Crippen molar-refractivity contribution in [3.05, 3.63) is 58.1 Å². The maximum absolute atomic E-state index is 12.1. The first-order valence-electron chi connectivity index (χ1n) is 9.76. The van der Waals surface area contributed by atoms with E-state index in [0.717, 1.165) is 5.56 Å². The fourth-order valence-electron chi connectivity index (χ4n) is 2.85. The molecule has 0 radical (unpaired) electrons. The number of anilines is 1. The minimum atomic E-state index is -0.824. The smallest absolute Gasteiger partial charge is 0.325 e. The average Bonchev–Trinajstić information content (AvgIpc) is 3.01. The Balaban J connectivity index is 1.50. The van der Waals surface area contributed by atoms with Crippen molar-refractivity contribution in [2.75, 3.05) is 31.7 Å². The topological polar surface area (TPSA) is 146 Å². The second-order valence-corrected chi connectivity index (χ2v) is 6.77. The minimum Gasteiger partial charge on any atom is -0.489 e. The molecule has 1 heterocycles. The summed E-state index contributed by atoms with van der Waals surface area (Å²) >= 11 is 0. The van der Waals surface area contributed by atoms with Crippen LogP contribution in [0.25, 0.3) is 0 Å². The number of amides is 2. The first kappa shape index (κ1) is 22.5. The zero-order valence-electron chi connectivity index (χ0n) is 17.0. The number of rotatable bonds is 8. The summed E-state index contributed by atoms with van der Waals surface area (Å²) < 4.78 is 15.7. The van der Waals surface area contributed by atoms with Crippen molar-refractivity contribution in [1.82, 2.24) is 5.32 Å². The molecule has 0 unspecified atom stereocenters. The Morgan fingerprint density at radius 1 is 1.03 bits per heavy atom. The lowest BCUT2D eigenvalue weighted by molar-refractivity contribution is -0.384. The van der Waals surface area contributed by atoms with E-state index in [4.69, 9.17) is 14.2 Å². The molecule has 11 nitrogen and oxygen atoms in total. The van der Waals surface area contributed by atoms with Crippen LogP contribution >= 0.6 is 0 Å². The van der Waals surface area contributed by atoms with Gasteiger partial charge in [0.05, 0.1) is 30.6 Å². The van der Waals surface area contributed by atoms with Gasteiger partial charge in [-0.05, 0) is 5.56 Å². The van der Waals surface area contributed by atoms with E-state index in [2.05, 4.69) is 10.6 Å². The molecule has 2 N–H and O–H groups in total. The van der Waals surface area contributed by atoms with E-state index in [1.165, 1.54) is 12.1 Å². The van der Waals surface area contributed by atoms with Gasteiger partial charge in [-0.3, -0.25) is 24.5 Å². The van der Waals surface area contributed by atoms with Crippen LogP contribution in [0.5, 0.6) is 11.5 Å². The zero-order chi connectivity index (χ0) is 22.9. The van der Waals surface area contributed by atoms with Crippen LogP contribution in [0.3, 0.4) is 0 Å². The monoisotopic (exact) mass is 443 g/mol. The normalized spacial score (nSPS) is 12.2. The van der Waals surface area contributed by atoms with E-state index in [1.54, 1.807) is 24.3 Å². The molecule has 0 aliphatic carbocycles. The molecule has 1 aliphatic rings. The lowest BCUT2D eigenvalue weighted by Gasteiger charge is -2.11. The summed E-state index contributed by atoms with van der Waals surface area (Å²) in [6.45, 7) is -0.373. The van der Waals surface area contributed by atoms with Gasteiger partial charge in [0.1, 0.15) is 12.2 Å². The Bertz CT molecular complexity index is 1010. The van der Waals surface area contributed by atoms with E-state index in [0.29, 0.717) is 19.6 Å². The second-order valence-electron chi connectivity index (χ2n) is 6.77. The fourth-order valence-corrected chi connectivity index (χ4v) is 2.85. The predicted molar refractivity (Wildman–Crippen MR) is 111 cm³/mol. The van der Waals surface area contributed by atoms with Crippen LogP contribution in [0.15, 0.2) is 42.5 Å². The summed E-state index contributed by atoms with van der Waals surface area (Å²) in [4.78, 5) is 46.5. The van der Waals surface area contributed by atoms with Crippen molar-refractivity contribution < 1.29 is 33.5 Å². The highest BCUT2D eigenvalue weighted by Gasteiger charge is 2.23. The number of nitrogens with zero attached hydrogens (tertiary/aromatic N) is 1. The molecule has 0 saturated heterocycles. The summed E-state index contributed by atoms with van der Waals surface area (Å²) in [6, 6.07) is 11.4. The molecule has 0 fully saturated rings. The van der Waals surface area contributed by atoms with Gasteiger partial charge in [-0.25, -0.2) is 0 Å². The maximum Gasteiger partial charge on any atom is 0.325 e. The Hall–Kier alpha value is -4.15. The maximum atomic E-state index is 12.1. The molecule has 11 heteroatoms. The van der Waals surface area contributed by atoms with Gasteiger partial charge in [-0.2, -0.15) is 0 Å².